The SMILES string of the molecule is CN=C(NCCc1cccc(C(=O)N(C)C)c1)NC1CCC(C(C)C)CC1. The summed E-state index contributed by atoms with van der Waals surface area (Å²) >= 11 is 0. The van der Waals surface area contributed by atoms with Crippen molar-refractivity contribution in [2.75, 3.05) is 27.7 Å². The third-order valence-corrected chi connectivity index (χ3v) is 5.57. The van der Waals surface area contributed by atoms with Gasteiger partial charge in [0.05, 0.1) is 0 Å². The van der Waals surface area contributed by atoms with E-state index in [2.05, 4.69) is 35.5 Å². The van der Waals surface area contributed by atoms with Gasteiger partial charge in [0.15, 0.2) is 5.96 Å². The molecule has 0 atom stereocenters. The van der Waals surface area contributed by atoms with Crippen molar-refractivity contribution in [2.45, 2.75) is 52.0 Å². The van der Waals surface area contributed by atoms with E-state index in [1.807, 2.05) is 25.2 Å². The fourth-order valence-electron chi connectivity index (χ4n) is 3.76. The van der Waals surface area contributed by atoms with Crippen molar-refractivity contribution in [1.29, 1.82) is 0 Å². The molecule has 0 aromatic heterocycles. The van der Waals surface area contributed by atoms with Gasteiger partial charge in [0.1, 0.15) is 0 Å². The summed E-state index contributed by atoms with van der Waals surface area (Å²) < 4.78 is 0. The monoisotopic (exact) mass is 372 g/mol. The van der Waals surface area contributed by atoms with Gasteiger partial charge in [-0.05, 0) is 61.6 Å². The second kappa shape index (κ2) is 10.3. The number of nitrogens with zero attached hydrogens (tertiary/aromatic N) is 2. The highest BCUT2D eigenvalue weighted by Crippen LogP contribution is 2.29. The Hall–Kier alpha value is -2.04. The molecule has 1 aromatic carbocycles. The molecule has 0 bridgehead atoms. The predicted octanol–water partition coefficient (Wildman–Crippen LogP) is 3.31. The highest BCUT2D eigenvalue weighted by Gasteiger charge is 2.23. The maximum Gasteiger partial charge on any atom is 0.253 e. The second-order valence-corrected chi connectivity index (χ2v) is 8.15. The van der Waals surface area contributed by atoms with Gasteiger partial charge in [0.2, 0.25) is 0 Å². The first-order valence-electron chi connectivity index (χ1n) is 10.2. The minimum Gasteiger partial charge on any atom is -0.356 e. The molecule has 2 N–H and O–H groups in total. The van der Waals surface area contributed by atoms with Crippen LogP contribution in [0.15, 0.2) is 29.3 Å². The molecule has 0 saturated heterocycles. The molecule has 5 heteroatoms. The Kier molecular flexibility index (Phi) is 8.14. The van der Waals surface area contributed by atoms with Crippen molar-refractivity contribution >= 4 is 11.9 Å². The van der Waals surface area contributed by atoms with Gasteiger partial charge in [0, 0.05) is 39.3 Å². The molecule has 1 saturated carbocycles. The van der Waals surface area contributed by atoms with Crippen LogP contribution in [0.4, 0.5) is 0 Å². The first kappa shape index (κ1) is 21.3. The van der Waals surface area contributed by atoms with Crippen molar-refractivity contribution in [1.82, 2.24) is 15.5 Å². The molecule has 0 unspecified atom stereocenters. The maximum absolute atomic E-state index is 12.1. The fourth-order valence-corrected chi connectivity index (χ4v) is 3.76. The molecule has 150 valence electrons. The third kappa shape index (κ3) is 6.56. The summed E-state index contributed by atoms with van der Waals surface area (Å²) in [6, 6.07) is 8.39. The Bertz CT molecular complexity index is 631. The lowest BCUT2D eigenvalue weighted by atomic mass is 9.80. The van der Waals surface area contributed by atoms with E-state index in [0.29, 0.717) is 6.04 Å². The van der Waals surface area contributed by atoms with Gasteiger partial charge in [-0.3, -0.25) is 9.79 Å². The normalized spacial score (nSPS) is 20.4. The summed E-state index contributed by atoms with van der Waals surface area (Å²) in [6.45, 7) is 5.46. The number of amides is 1. The lowest BCUT2D eigenvalue weighted by Gasteiger charge is -2.32. The number of nitrogens with one attached hydrogen (secondary N) is 2. The van der Waals surface area contributed by atoms with Gasteiger partial charge in [-0.15, -0.1) is 0 Å². The average molecular weight is 373 g/mol. The lowest BCUT2D eigenvalue weighted by Crippen LogP contribution is -2.45. The van der Waals surface area contributed by atoms with Crippen LogP contribution in [-0.2, 0) is 6.42 Å². The van der Waals surface area contributed by atoms with Crippen molar-refractivity contribution < 1.29 is 4.79 Å². The van der Waals surface area contributed by atoms with Crippen LogP contribution < -0.4 is 10.6 Å². The number of carbonyl (C=O) groups is 1. The van der Waals surface area contributed by atoms with E-state index < -0.39 is 0 Å². The number of hydrogen-bond donors (Lipinski definition) is 2. The van der Waals surface area contributed by atoms with Crippen LogP contribution in [0.1, 0.15) is 55.5 Å². The fraction of sp³-hybridized carbons (Fsp3) is 0.636. The molecule has 0 aliphatic heterocycles. The number of guanidine groups is 1. The molecular weight excluding hydrogens is 336 g/mol. The van der Waals surface area contributed by atoms with E-state index in [1.54, 1.807) is 19.0 Å². The second-order valence-electron chi connectivity index (χ2n) is 8.15. The largest absolute Gasteiger partial charge is 0.356 e. The van der Waals surface area contributed by atoms with Gasteiger partial charge >= 0.3 is 0 Å². The molecule has 0 heterocycles. The van der Waals surface area contributed by atoms with Crippen LogP contribution >= 0.6 is 0 Å². The quantitative estimate of drug-likeness (QED) is 0.595. The van der Waals surface area contributed by atoms with Crippen molar-refractivity contribution in [3.8, 4) is 0 Å². The zero-order valence-electron chi connectivity index (χ0n) is 17.6. The molecule has 1 aromatic rings. The summed E-state index contributed by atoms with van der Waals surface area (Å²) in [5.41, 5.74) is 1.89. The van der Waals surface area contributed by atoms with Crippen LogP contribution in [0.5, 0.6) is 0 Å². The smallest absolute Gasteiger partial charge is 0.253 e. The maximum atomic E-state index is 12.1. The summed E-state index contributed by atoms with van der Waals surface area (Å²) in [6.07, 6.45) is 5.91. The number of carbonyl (C=O) groups excluding carboxylic acids is 1. The summed E-state index contributed by atoms with van der Waals surface area (Å²) in [5, 5.41) is 6.99. The zero-order valence-corrected chi connectivity index (χ0v) is 17.6. The summed E-state index contributed by atoms with van der Waals surface area (Å²) in [7, 11) is 5.38. The molecule has 1 amide bonds. The number of benzene rings is 1. The van der Waals surface area contributed by atoms with Gasteiger partial charge < -0.3 is 15.5 Å². The summed E-state index contributed by atoms with van der Waals surface area (Å²) in [5.74, 6) is 2.58. The lowest BCUT2D eigenvalue weighted by molar-refractivity contribution is 0.0827. The van der Waals surface area contributed by atoms with Gasteiger partial charge in [-0.25, -0.2) is 0 Å². The van der Waals surface area contributed by atoms with Crippen molar-refractivity contribution in [2.24, 2.45) is 16.8 Å². The molecular formula is C22H36N4O. The summed E-state index contributed by atoms with van der Waals surface area (Å²) in [4.78, 5) is 18.1. The van der Waals surface area contributed by atoms with E-state index in [1.165, 1.54) is 25.7 Å². The van der Waals surface area contributed by atoms with Crippen molar-refractivity contribution in [3.63, 3.8) is 0 Å². The Morgan fingerprint density at radius 1 is 1.22 bits per heavy atom. The van der Waals surface area contributed by atoms with E-state index in [9.17, 15) is 4.79 Å². The van der Waals surface area contributed by atoms with E-state index >= 15 is 0 Å². The predicted molar refractivity (Wildman–Crippen MR) is 113 cm³/mol. The molecule has 1 fully saturated rings. The van der Waals surface area contributed by atoms with Crippen LogP contribution in [0, 0.1) is 11.8 Å². The Labute approximate surface area is 164 Å². The highest BCUT2D eigenvalue weighted by molar-refractivity contribution is 5.94. The minimum absolute atomic E-state index is 0.0410. The Morgan fingerprint density at radius 2 is 1.93 bits per heavy atom. The van der Waals surface area contributed by atoms with Crippen molar-refractivity contribution in [3.05, 3.63) is 35.4 Å². The third-order valence-electron chi connectivity index (χ3n) is 5.57. The highest BCUT2D eigenvalue weighted by atomic mass is 16.2. The zero-order chi connectivity index (χ0) is 19.8. The molecule has 1 aliphatic rings. The van der Waals surface area contributed by atoms with Gasteiger partial charge in [-0.1, -0.05) is 26.0 Å². The molecule has 27 heavy (non-hydrogen) atoms. The van der Waals surface area contributed by atoms with Gasteiger partial charge in [0.25, 0.3) is 5.91 Å². The Morgan fingerprint density at radius 3 is 2.52 bits per heavy atom. The molecule has 0 radical (unpaired) electrons. The Balaban J connectivity index is 1.78. The topological polar surface area (TPSA) is 56.7 Å². The van der Waals surface area contributed by atoms with Crippen LogP contribution in [0.25, 0.3) is 0 Å². The number of rotatable bonds is 6. The average Bonchev–Trinajstić information content (AvgIpc) is 2.67. The first-order chi connectivity index (χ1) is 12.9. The van der Waals surface area contributed by atoms with Crippen LogP contribution in [0.2, 0.25) is 0 Å². The first-order valence-corrected chi connectivity index (χ1v) is 10.2. The van der Waals surface area contributed by atoms with E-state index in [4.69, 9.17) is 0 Å². The molecule has 5 nitrogen and oxygen atoms in total. The number of hydrogen-bond acceptors (Lipinski definition) is 2. The van der Waals surface area contributed by atoms with Crippen LogP contribution in [-0.4, -0.2) is 50.5 Å². The molecule has 2 rings (SSSR count). The standard InChI is InChI=1S/C22H36N4O/c1-16(2)18-9-11-20(12-10-18)25-22(23-3)24-14-13-17-7-6-8-19(15-17)21(27)26(4)5/h6-8,15-16,18,20H,9-14H2,1-5H3,(H2,23,24,25). The minimum atomic E-state index is 0.0410. The van der Waals surface area contributed by atoms with Gasteiger partial charge in [-0.2, -0.15) is 0 Å². The molecule has 1 aliphatic carbocycles. The van der Waals surface area contributed by atoms with Crippen LogP contribution in [0.3, 0.4) is 0 Å². The molecule has 0 spiro atoms. The number of aliphatic imine (C=N–C) groups is 1. The van der Waals surface area contributed by atoms with E-state index in [0.717, 1.165) is 41.9 Å². The van der Waals surface area contributed by atoms with E-state index in [-0.39, 0.29) is 5.91 Å².